The van der Waals surface area contributed by atoms with Gasteiger partial charge in [-0.1, -0.05) is 0 Å². The molecule has 0 aliphatic heterocycles. The van der Waals surface area contributed by atoms with Gasteiger partial charge in [-0.15, -0.1) is 0 Å². The summed E-state index contributed by atoms with van der Waals surface area (Å²) in [5.41, 5.74) is 0. The zero-order chi connectivity index (χ0) is 4.50. The predicted molar refractivity (Wildman–Crippen MR) is 22.7 cm³/mol. The molecule has 0 spiro atoms. The van der Waals surface area contributed by atoms with Crippen LogP contribution in [0.1, 0.15) is 0 Å². The first kappa shape index (κ1) is 16.1. The molecule has 0 aliphatic rings. The van der Waals surface area contributed by atoms with E-state index in [0.717, 1.165) is 0 Å². The minimum Gasteiger partial charge on any atom is -0.264 e. The number of halogens is 1. The van der Waals surface area contributed by atoms with Crippen LogP contribution in [0, 0.1) is 0 Å². The molecule has 2 N–H and O–H groups in total. The van der Waals surface area contributed by atoms with Gasteiger partial charge in [0, 0.05) is 0 Å². The van der Waals surface area contributed by atoms with E-state index < -0.39 is 10.4 Å². The Morgan fingerprint density at radius 2 is 1.14 bits per heavy atom. The van der Waals surface area contributed by atoms with Crippen LogP contribution in [0.15, 0.2) is 0 Å². The van der Waals surface area contributed by atoms with Crippen LogP contribution < -0.4 is 24.0 Å². The van der Waals surface area contributed by atoms with Crippen LogP contribution in [0.3, 0.4) is 0 Å². The van der Waals surface area contributed by atoms with E-state index in [1.54, 1.807) is 0 Å². The summed E-state index contributed by atoms with van der Waals surface area (Å²) >= 11 is 0. The van der Waals surface area contributed by atoms with E-state index in [1.807, 2.05) is 0 Å². The van der Waals surface area contributed by atoms with Crippen molar-refractivity contribution in [1.82, 2.24) is 0 Å². The molecule has 0 radical (unpaired) electrons. The molecule has 0 rings (SSSR count). The van der Waals surface area contributed by atoms with Crippen molar-refractivity contribution in [3.8, 4) is 0 Å². The van der Waals surface area contributed by atoms with E-state index in [2.05, 4.69) is 0 Å². The van der Waals surface area contributed by atoms with Crippen molar-refractivity contribution in [2.24, 2.45) is 0 Å². The fourth-order valence-corrected chi connectivity index (χ4v) is 0. The van der Waals surface area contributed by atoms with Gasteiger partial charge in [0.15, 0.2) is 0 Å². The maximum atomic E-state index is 8.74. The van der Waals surface area contributed by atoms with Crippen LogP contribution in [0.4, 0.5) is 0 Å². The fourth-order valence-electron chi connectivity index (χ4n) is 0. The topological polar surface area (TPSA) is 74.6 Å². The molecule has 0 aromatic carbocycles. The zero-order valence-corrected chi connectivity index (χ0v) is 11.1. The Labute approximate surface area is 98.7 Å². The molecule has 7 heavy (non-hydrogen) atoms. The Balaban J connectivity index is -0.0000000800. The van der Waals surface area contributed by atoms with E-state index in [0.29, 0.717) is 0 Å². The molecule has 0 aromatic rings. The van der Waals surface area contributed by atoms with Crippen molar-refractivity contribution in [2.45, 2.75) is 0 Å². The van der Waals surface area contributed by atoms with Crippen LogP contribution in [-0.4, -0.2) is 66.4 Å². The van der Waals surface area contributed by atoms with Crippen molar-refractivity contribution in [3.05, 3.63) is 0 Å². The van der Waals surface area contributed by atoms with Gasteiger partial charge in [0.2, 0.25) is 24.0 Å². The first-order chi connectivity index (χ1) is 2.00. The SMILES string of the molecule is O=S(=O)(O)O.[Ba+2].[IH2+]. The largest absolute Gasteiger partial charge is 2.00 e. The van der Waals surface area contributed by atoms with E-state index in [1.165, 1.54) is 0 Å². The molecule has 40 valence electrons. The third kappa shape index (κ3) is 66.0. The first-order valence-electron chi connectivity index (χ1n) is 0.698. The first-order valence-corrected chi connectivity index (χ1v) is 2.10. The third-order valence-electron chi connectivity index (χ3n) is 0. The van der Waals surface area contributed by atoms with Crippen LogP contribution >= 0.6 is 0 Å². The number of hydrogen-bond donors (Lipinski definition) is 2. The van der Waals surface area contributed by atoms with Gasteiger partial charge < -0.3 is 0 Å². The van der Waals surface area contributed by atoms with E-state index in [9.17, 15) is 0 Å². The minimum absolute atomic E-state index is 0. The van der Waals surface area contributed by atoms with E-state index >= 15 is 0 Å². The number of rotatable bonds is 0. The van der Waals surface area contributed by atoms with Gasteiger partial charge in [0.05, 0.1) is 0 Å². The summed E-state index contributed by atoms with van der Waals surface area (Å²) in [7, 11) is -4.67. The summed E-state index contributed by atoms with van der Waals surface area (Å²) in [6, 6.07) is 0. The Kier molecular flexibility index (Phi) is 14.5. The van der Waals surface area contributed by atoms with Crippen LogP contribution in [0.25, 0.3) is 0 Å². The predicted octanol–water partition coefficient (Wildman–Crippen LogP) is -4.56. The van der Waals surface area contributed by atoms with Crippen molar-refractivity contribution in [1.29, 1.82) is 0 Å². The molecule has 0 saturated heterocycles. The summed E-state index contributed by atoms with van der Waals surface area (Å²) in [5.74, 6) is 0. The van der Waals surface area contributed by atoms with Gasteiger partial charge >= 0.3 is 59.3 Å². The van der Waals surface area contributed by atoms with Crippen molar-refractivity contribution in [3.63, 3.8) is 0 Å². The standard InChI is InChI=1S/Ba.H2I.H2O4S/c;;1-5(2,3)4/h;1H2;(H2,1,2,3,4)/q+2;+1;. The van der Waals surface area contributed by atoms with Crippen molar-refractivity contribution >= 4 is 59.3 Å². The summed E-state index contributed by atoms with van der Waals surface area (Å²) in [4.78, 5) is 0. The normalized spacial score (nSPS) is 8.29. The van der Waals surface area contributed by atoms with Gasteiger partial charge in [-0.05, 0) is 0 Å². The van der Waals surface area contributed by atoms with Crippen LogP contribution in [0.5, 0.6) is 0 Å². The molecule has 0 saturated carbocycles. The summed E-state index contributed by atoms with van der Waals surface area (Å²) in [6.07, 6.45) is 0. The van der Waals surface area contributed by atoms with E-state index in [-0.39, 0.29) is 72.9 Å². The Morgan fingerprint density at radius 3 is 1.14 bits per heavy atom. The van der Waals surface area contributed by atoms with Gasteiger partial charge in [-0.2, -0.15) is 8.42 Å². The monoisotopic (exact) mass is 365 g/mol. The molecule has 0 unspecified atom stereocenters. The van der Waals surface area contributed by atoms with Gasteiger partial charge in [0.25, 0.3) is 0 Å². The van der Waals surface area contributed by atoms with E-state index in [4.69, 9.17) is 17.5 Å². The van der Waals surface area contributed by atoms with Crippen molar-refractivity contribution < 1.29 is 41.5 Å². The molecule has 0 fully saturated rings. The second kappa shape index (κ2) is 6.29. The smallest absolute Gasteiger partial charge is 0.264 e. The maximum Gasteiger partial charge on any atom is 2.00 e. The van der Waals surface area contributed by atoms with Gasteiger partial charge in [0.1, 0.15) is 0 Å². The number of hydrogen-bond acceptors (Lipinski definition) is 2. The Morgan fingerprint density at radius 1 is 1.14 bits per heavy atom. The molecule has 0 atom stereocenters. The zero-order valence-electron chi connectivity index (χ0n) is 3.27. The molecule has 4 nitrogen and oxygen atoms in total. The molecular formula is H4BaIO4S+3. The Bertz CT molecular complexity index is 94.9. The second-order valence-electron chi connectivity index (χ2n) is 0.448. The average molecular weight is 364 g/mol. The molecule has 0 heterocycles. The molecule has 0 bridgehead atoms. The third-order valence-corrected chi connectivity index (χ3v) is 0. The van der Waals surface area contributed by atoms with Gasteiger partial charge in [-0.3, -0.25) is 9.11 Å². The molecule has 0 aromatic heterocycles. The Hall–Kier alpha value is 2.17. The van der Waals surface area contributed by atoms with Crippen molar-refractivity contribution in [2.75, 3.05) is 0 Å². The summed E-state index contributed by atoms with van der Waals surface area (Å²) in [5, 5.41) is 0. The molecule has 0 amide bonds. The molecular weight excluding hydrogens is 360 g/mol. The maximum absolute atomic E-state index is 8.74. The molecule has 7 heteroatoms. The van der Waals surface area contributed by atoms with Gasteiger partial charge in [-0.25, -0.2) is 0 Å². The fraction of sp³-hybridized carbons (Fsp3) is 0. The molecule has 0 aliphatic carbocycles. The summed E-state index contributed by atoms with van der Waals surface area (Å²) < 4.78 is 31.6. The minimum atomic E-state index is -4.67. The summed E-state index contributed by atoms with van der Waals surface area (Å²) in [6.45, 7) is 0. The average Bonchev–Trinajstić information content (AvgIpc) is 0.722. The quantitative estimate of drug-likeness (QED) is 0.258. The van der Waals surface area contributed by atoms with Crippen LogP contribution in [0.2, 0.25) is 0 Å². The second-order valence-corrected chi connectivity index (χ2v) is 1.34. The van der Waals surface area contributed by atoms with Crippen LogP contribution in [-0.2, 0) is 10.4 Å².